The molecule has 0 amide bonds. The minimum atomic E-state index is -3.52. The molecule has 1 aliphatic heterocycles. The fourth-order valence-corrected chi connectivity index (χ4v) is 4.43. The highest BCUT2D eigenvalue weighted by Crippen LogP contribution is 2.30. The highest BCUT2D eigenvalue weighted by molar-refractivity contribution is 7.89. The SMILES string of the molecule is COC1(C)CCCN(S(=O)(=O)c2cccc(N)c2C)C1. The van der Waals surface area contributed by atoms with Crippen LogP contribution in [0.3, 0.4) is 0 Å². The molecule has 5 nitrogen and oxygen atoms in total. The summed E-state index contributed by atoms with van der Waals surface area (Å²) in [5.41, 5.74) is 6.51. The van der Waals surface area contributed by atoms with Gasteiger partial charge in [-0.3, -0.25) is 0 Å². The number of piperidine rings is 1. The first-order chi connectivity index (χ1) is 9.30. The molecular formula is C14H22N2O3S. The van der Waals surface area contributed by atoms with Crippen LogP contribution in [0.4, 0.5) is 5.69 Å². The maximum absolute atomic E-state index is 12.8. The molecule has 0 aliphatic carbocycles. The number of ether oxygens (including phenoxy) is 1. The van der Waals surface area contributed by atoms with Crippen LogP contribution in [0.5, 0.6) is 0 Å². The van der Waals surface area contributed by atoms with Crippen molar-refractivity contribution >= 4 is 15.7 Å². The largest absolute Gasteiger partial charge is 0.398 e. The summed E-state index contributed by atoms with van der Waals surface area (Å²) >= 11 is 0. The summed E-state index contributed by atoms with van der Waals surface area (Å²) in [5, 5.41) is 0. The first kappa shape index (κ1) is 15.3. The molecular weight excluding hydrogens is 276 g/mol. The molecule has 2 N–H and O–H groups in total. The molecule has 1 aromatic rings. The standard InChI is InChI=1S/C14H22N2O3S/c1-11-12(15)6-4-7-13(11)20(17,18)16-9-5-8-14(2,10-16)19-3/h4,6-7H,5,8-10,15H2,1-3H3. The molecule has 1 atom stereocenters. The van der Waals surface area contributed by atoms with Crippen LogP contribution in [0.2, 0.25) is 0 Å². The van der Waals surface area contributed by atoms with E-state index in [0.29, 0.717) is 24.3 Å². The number of hydrogen-bond acceptors (Lipinski definition) is 4. The lowest BCUT2D eigenvalue weighted by Gasteiger charge is -2.38. The van der Waals surface area contributed by atoms with E-state index in [1.807, 2.05) is 6.92 Å². The second kappa shape index (κ2) is 5.35. The van der Waals surface area contributed by atoms with E-state index in [1.165, 1.54) is 4.31 Å². The second-order valence-corrected chi connectivity index (χ2v) is 7.47. The molecule has 1 saturated heterocycles. The number of anilines is 1. The van der Waals surface area contributed by atoms with E-state index in [-0.39, 0.29) is 4.90 Å². The van der Waals surface area contributed by atoms with Crippen LogP contribution in [0, 0.1) is 6.92 Å². The number of rotatable bonds is 3. The molecule has 1 aromatic carbocycles. The Morgan fingerprint density at radius 2 is 2.10 bits per heavy atom. The van der Waals surface area contributed by atoms with E-state index in [4.69, 9.17) is 10.5 Å². The summed E-state index contributed by atoms with van der Waals surface area (Å²) < 4.78 is 32.5. The van der Waals surface area contributed by atoms with Crippen molar-refractivity contribution in [3.63, 3.8) is 0 Å². The van der Waals surface area contributed by atoms with Crippen molar-refractivity contribution in [2.24, 2.45) is 0 Å². The average Bonchev–Trinajstić information content (AvgIpc) is 2.42. The summed E-state index contributed by atoms with van der Waals surface area (Å²) in [6.07, 6.45) is 1.66. The number of nitrogens with zero attached hydrogens (tertiary/aromatic N) is 1. The van der Waals surface area contributed by atoms with Crippen LogP contribution in [0.15, 0.2) is 23.1 Å². The van der Waals surface area contributed by atoms with Crippen LogP contribution >= 0.6 is 0 Å². The van der Waals surface area contributed by atoms with Crippen molar-refractivity contribution in [2.45, 2.75) is 37.2 Å². The quantitative estimate of drug-likeness (QED) is 0.863. The topological polar surface area (TPSA) is 72.6 Å². The van der Waals surface area contributed by atoms with Crippen molar-refractivity contribution in [3.05, 3.63) is 23.8 Å². The summed E-state index contributed by atoms with van der Waals surface area (Å²) in [6, 6.07) is 5.00. The lowest BCUT2D eigenvalue weighted by atomic mass is 9.96. The highest BCUT2D eigenvalue weighted by atomic mass is 32.2. The minimum Gasteiger partial charge on any atom is -0.398 e. The second-order valence-electron chi connectivity index (χ2n) is 5.57. The molecule has 1 unspecified atom stereocenters. The minimum absolute atomic E-state index is 0.290. The molecule has 0 saturated carbocycles. The molecule has 0 bridgehead atoms. The van der Waals surface area contributed by atoms with Gasteiger partial charge in [0.25, 0.3) is 0 Å². The third-order valence-corrected chi connectivity index (χ3v) is 6.05. The molecule has 1 heterocycles. The molecule has 0 spiro atoms. The zero-order valence-corrected chi connectivity index (χ0v) is 13.0. The molecule has 0 radical (unpaired) electrons. The Morgan fingerprint density at radius 1 is 1.40 bits per heavy atom. The van der Waals surface area contributed by atoms with Crippen molar-refractivity contribution in [1.29, 1.82) is 0 Å². The molecule has 1 aliphatic rings. The van der Waals surface area contributed by atoms with Gasteiger partial charge in [-0.1, -0.05) is 6.07 Å². The number of methoxy groups -OCH3 is 1. The van der Waals surface area contributed by atoms with E-state index in [1.54, 1.807) is 32.2 Å². The van der Waals surface area contributed by atoms with Crippen LogP contribution < -0.4 is 5.73 Å². The van der Waals surface area contributed by atoms with Crippen molar-refractivity contribution in [3.8, 4) is 0 Å². The van der Waals surface area contributed by atoms with Gasteiger partial charge in [0, 0.05) is 25.9 Å². The number of nitrogen functional groups attached to an aromatic ring is 1. The van der Waals surface area contributed by atoms with E-state index < -0.39 is 15.6 Å². The number of nitrogens with two attached hydrogens (primary N) is 1. The van der Waals surface area contributed by atoms with Gasteiger partial charge in [0.15, 0.2) is 0 Å². The fourth-order valence-electron chi connectivity index (χ4n) is 2.58. The van der Waals surface area contributed by atoms with Crippen LogP contribution in [0.25, 0.3) is 0 Å². The molecule has 1 fully saturated rings. The Labute approximate surface area is 120 Å². The molecule has 6 heteroatoms. The molecule has 2 rings (SSSR count). The summed E-state index contributed by atoms with van der Waals surface area (Å²) in [7, 11) is -1.90. The fraction of sp³-hybridized carbons (Fsp3) is 0.571. The van der Waals surface area contributed by atoms with Gasteiger partial charge in [0.05, 0.1) is 10.5 Å². The predicted octanol–water partition coefficient (Wildman–Crippen LogP) is 1.77. The number of sulfonamides is 1. The van der Waals surface area contributed by atoms with Gasteiger partial charge in [-0.05, 0) is 44.4 Å². The Balaban J connectivity index is 2.38. The maximum atomic E-state index is 12.8. The van der Waals surface area contributed by atoms with Crippen LogP contribution in [0.1, 0.15) is 25.3 Å². The normalized spacial score (nSPS) is 24.8. The lowest BCUT2D eigenvalue weighted by molar-refractivity contribution is -0.0319. The van der Waals surface area contributed by atoms with Crippen molar-refractivity contribution in [2.75, 3.05) is 25.9 Å². The zero-order chi connectivity index (χ0) is 15.0. The first-order valence-corrected chi connectivity index (χ1v) is 8.14. The van der Waals surface area contributed by atoms with Gasteiger partial charge in [-0.15, -0.1) is 0 Å². The van der Waals surface area contributed by atoms with E-state index in [0.717, 1.165) is 12.8 Å². The van der Waals surface area contributed by atoms with E-state index in [9.17, 15) is 8.42 Å². The van der Waals surface area contributed by atoms with Crippen molar-refractivity contribution in [1.82, 2.24) is 4.31 Å². The Hall–Kier alpha value is -1.11. The van der Waals surface area contributed by atoms with E-state index >= 15 is 0 Å². The Bertz CT molecular complexity index is 600. The van der Waals surface area contributed by atoms with Crippen molar-refractivity contribution < 1.29 is 13.2 Å². The number of hydrogen-bond donors (Lipinski definition) is 1. The summed E-state index contributed by atoms with van der Waals surface area (Å²) in [5.74, 6) is 0. The molecule has 112 valence electrons. The predicted molar refractivity (Wildman–Crippen MR) is 79.0 cm³/mol. The Kier molecular flexibility index (Phi) is 4.09. The van der Waals surface area contributed by atoms with Gasteiger partial charge in [-0.25, -0.2) is 8.42 Å². The third kappa shape index (κ3) is 2.68. The summed E-state index contributed by atoms with van der Waals surface area (Å²) in [6.45, 7) is 4.58. The van der Waals surface area contributed by atoms with Gasteiger partial charge in [-0.2, -0.15) is 4.31 Å². The first-order valence-electron chi connectivity index (χ1n) is 6.70. The van der Waals surface area contributed by atoms with E-state index in [2.05, 4.69) is 0 Å². The Morgan fingerprint density at radius 3 is 2.75 bits per heavy atom. The van der Waals surface area contributed by atoms with Gasteiger partial charge in [0.1, 0.15) is 0 Å². The van der Waals surface area contributed by atoms with Gasteiger partial charge in [0.2, 0.25) is 10.0 Å². The average molecular weight is 298 g/mol. The lowest BCUT2D eigenvalue weighted by Crippen LogP contribution is -2.49. The monoisotopic (exact) mass is 298 g/mol. The van der Waals surface area contributed by atoms with Gasteiger partial charge >= 0.3 is 0 Å². The summed E-state index contributed by atoms with van der Waals surface area (Å²) in [4.78, 5) is 0.290. The number of benzene rings is 1. The molecule has 20 heavy (non-hydrogen) atoms. The van der Waals surface area contributed by atoms with Crippen LogP contribution in [-0.4, -0.2) is 38.5 Å². The smallest absolute Gasteiger partial charge is 0.243 e. The zero-order valence-electron chi connectivity index (χ0n) is 12.2. The highest BCUT2D eigenvalue weighted by Gasteiger charge is 2.37. The maximum Gasteiger partial charge on any atom is 0.243 e. The van der Waals surface area contributed by atoms with Crippen LogP contribution in [-0.2, 0) is 14.8 Å². The van der Waals surface area contributed by atoms with Gasteiger partial charge < -0.3 is 10.5 Å². The third-order valence-electron chi connectivity index (χ3n) is 4.06. The molecule has 0 aromatic heterocycles.